The Morgan fingerprint density at radius 3 is 2.50 bits per heavy atom. The first kappa shape index (κ1) is 17.9. The fourth-order valence-electron chi connectivity index (χ4n) is 3.70. The summed E-state index contributed by atoms with van der Waals surface area (Å²) in [5.41, 5.74) is 3.22. The number of carbonyl (C=O) groups excluding carboxylic acids is 4. The highest BCUT2D eigenvalue weighted by molar-refractivity contribution is 6.20. The van der Waals surface area contributed by atoms with Gasteiger partial charge >= 0.3 is 0 Å². The lowest BCUT2D eigenvalue weighted by molar-refractivity contribution is -0.123. The number of rotatable bonds is 3. The second-order valence-electron chi connectivity index (χ2n) is 7.01. The number of anilines is 3. The highest BCUT2D eigenvalue weighted by Crippen LogP contribution is 2.33. The number of hydrogen-bond donors (Lipinski definition) is 2. The monoisotopic (exact) mass is 377 g/mol. The molecule has 1 atom stereocenters. The Morgan fingerprint density at radius 2 is 1.79 bits per heavy atom. The third kappa shape index (κ3) is 3.15. The second kappa shape index (κ2) is 6.92. The van der Waals surface area contributed by atoms with Gasteiger partial charge in [0.05, 0.1) is 11.6 Å². The SMILES string of the molecule is Cc1cc(NC(=O)[C@H]2CC(=O)Nc3ccccc32)ccc1N1C(=O)CCC1=O. The van der Waals surface area contributed by atoms with Crippen molar-refractivity contribution in [3.05, 3.63) is 53.6 Å². The number of benzene rings is 2. The van der Waals surface area contributed by atoms with Crippen molar-refractivity contribution in [1.29, 1.82) is 0 Å². The van der Waals surface area contributed by atoms with E-state index in [0.717, 1.165) is 5.56 Å². The number of fused-ring (bicyclic) bond motifs is 1. The maximum atomic E-state index is 12.8. The van der Waals surface area contributed by atoms with Gasteiger partial charge in [-0.05, 0) is 42.3 Å². The van der Waals surface area contributed by atoms with Crippen LogP contribution >= 0.6 is 0 Å². The van der Waals surface area contributed by atoms with Crippen LogP contribution in [0.15, 0.2) is 42.5 Å². The zero-order valence-electron chi connectivity index (χ0n) is 15.3. The van der Waals surface area contributed by atoms with Crippen molar-refractivity contribution in [2.24, 2.45) is 0 Å². The highest BCUT2D eigenvalue weighted by atomic mass is 16.2. The summed E-state index contributed by atoms with van der Waals surface area (Å²) >= 11 is 0. The van der Waals surface area contributed by atoms with Gasteiger partial charge < -0.3 is 10.6 Å². The Kier molecular flexibility index (Phi) is 4.43. The van der Waals surface area contributed by atoms with Crippen LogP contribution in [0, 0.1) is 6.92 Å². The number of nitrogens with zero attached hydrogens (tertiary/aromatic N) is 1. The van der Waals surface area contributed by atoms with Gasteiger partial charge in [0.25, 0.3) is 0 Å². The zero-order chi connectivity index (χ0) is 19.8. The van der Waals surface area contributed by atoms with E-state index >= 15 is 0 Å². The Hall–Kier alpha value is -3.48. The number of nitrogens with one attached hydrogen (secondary N) is 2. The van der Waals surface area contributed by atoms with Crippen LogP contribution in [0.1, 0.15) is 36.3 Å². The Morgan fingerprint density at radius 1 is 1.07 bits per heavy atom. The van der Waals surface area contributed by atoms with E-state index in [-0.39, 0.29) is 42.9 Å². The number of aryl methyl sites for hydroxylation is 1. The van der Waals surface area contributed by atoms with Crippen LogP contribution < -0.4 is 15.5 Å². The predicted octanol–water partition coefficient (Wildman–Crippen LogP) is 2.71. The zero-order valence-corrected chi connectivity index (χ0v) is 15.3. The standard InChI is InChI=1S/C21H19N3O4/c1-12-10-13(6-7-17(12)24-19(26)8-9-20(24)27)22-21(28)15-11-18(25)23-16-5-3-2-4-14(15)16/h2-7,10,15H,8-9,11H2,1H3,(H,22,28)(H,23,25)/t15-/m0/s1. The molecule has 1 saturated heterocycles. The molecule has 0 unspecified atom stereocenters. The van der Waals surface area contributed by atoms with Crippen LogP contribution in [-0.2, 0) is 19.2 Å². The summed E-state index contributed by atoms with van der Waals surface area (Å²) in [6.45, 7) is 1.78. The predicted molar refractivity (Wildman–Crippen MR) is 104 cm³/mol. The van der Waals surface area contributed by atoms with Crippen LogP contribution in [0.5, 0.6) is 0 Å². The minimum Gasteiger partial charge on any atom is -0.326 e. The van der Waals surface area contributed by atoms with Crippen molar-refractivity contribution >= 4 is 40.7 Å². The lowest BCUT2D eigenvalue weighted by Gasteiger charge is -2.25. The van der Waals surface area contributed by atoms with Gasteiger partial charge in [-0.2, -0.15) is 0 Å². The first-order valence-corrected chi connectivity index (χ1v) is 9.10. The molecule has 0 saturated carbocycles. The molecule has 0 aromatic heterocycles. The smallest absolute Gasteiger partial charge is 0.234 e. The molecule has 2 N–H and O–H groups in total. The topological polar surface area (TPSA) is 95.6 Å². The van der Waals surface area contributed by atoms with E-state index in [1.807, 2.05) is 18.2 Å². The largest absolute Gasteiger partial charge is 0.326 e. The molecule has 2 heterocycles. The van der Waals surface area contributed by atoms with Crippen molar-refractivity contribution in [3.8, 4) is 0 Å². The van der Waals surface area contributed by atoms with Gasteiger partial charge in [-0.15, -0.1) is 0 Å². The van der Waals surface area contributed by atoms with E-state index in [9.17, 15) is 19.2 Å². The molecule has 2 aromatic carbocycles. The average molecular weight is 377 g/mol. The summed E-state index contributed by atoms with van der Waals surface area (Å²) in [7, 11) is 0. The van der Waals surface area contributed by atoms with E-state index in [4.69, 9.17) is 0 Å². The van der Waals surface area contributed by atoms with Crippen LogP contribution in [0.4, 0.5) is 17.1 Å². The van der Waals surface area contributed by atoms with Crippen LogP contribution in [0.3, 0.4) is 0 Å². The molecule has 2 aromatic rings. The first-order valence-electron chi connectivity index (χ1n) is 9.10. The molecule has 0 radical (unpaired) electrons. The van der Waals surface area contributed by atoms with Gasteiger partial charge in [0, 0.05) is 30.6 Å². The van der Waals surface area contributed by atoms with Crippen molar-refractivity contribution in [3.63, 3.8) is 0 Å². The third-order valence-electron chi connectivity index (χ3n) is 5.07. The summed E-state index contributed by atoms with van der Waals surface area (Å²) in [4.78, 5) is 49.9. The number of imide groups is 1. The molecule has 7 nitrogen and oxygen atoms in total. The summed E-state index contributed by atoms with van der Waals surface area (Å²) in [6, 6.07) is 12.3. The molecule has 2 aliphatic heterocycles. The van der Waals surface area contributed by atoms with Crippen molar-refractivity contribution < 1.29 is 19.2 Å². The van der Waals surface area contributed by atoms with E-state index in [1.165, 1.54) is 4.90 Å². The summed E-state index contributed by atoms with van der Waals surface area (Å²) in [6.07, 6.45) is 0.524. The minimum absolute atomic E-state index is 0.0801. The molecule has 1 fully saturated rings. The van der Waals surface area contributed by atoms with E-state index in [2.05, 4.69) is 10.6 Å². The number of hydrogen-bond acceptors (Lipinski definition) is 4. The molecule has 4 amide bonds. The molecule has 2 aliphatic rings. The lowest BCUT2D eigenvalue weighted by atomic mass is 9.89. The van der Waals surface area contributed by atoms with Crippen LogP contribution in [0.2, 0.25) is 0 Å². The molecule has 0 spiro atoms. The van der Waals surface area contributed by atoms with Crippen LogP contribution in [0.25, 0.3) is 0 Å². The van der Waals surface area contributed by atoms with E-state index in [1.54, 1.807) is 31.2 Å². The van der Waals surface area contributed by atoms with E-state index in [0.29, 0.717) is 22.6 Å². The van der Waals surface area contributed by atoms with Crippen molar-refractivity contribution in [2.75, 3.05) is 15.5 Å². The number of carbonyl (C=O) groups is 4. The van der Waals surface area contributed by atoms with Crippen molar-refractivity contribution in [1.82, 2.24) is 0 Å². The Balaban J connectivity index is 1.56. The van der Waals surface area contributed by atoms with Crippen LogP contribution in [-0.4, -0.2) is 23.6 Å². The molecule has 7 heteroatoms. The van der Waals surface area contributed by atoms with E-state index < -0.39 is 5.92 Å². The summed E-state index contributed by atoms with van der Waals surface area (Å²) < 4.78 is 0. The quantitative estimate of drug-likeness (QED) is 0.804. The number of para-hydroxylation sites is 1. The molecule has 142 valence electrons. The fraction of sp³-hybridized carbons (Fsp3) is 0.238. The maximum Gasteiger partial charge on any atom is 0.234 e. The highest BCUT2D eigenvalue weighted by Gasteiger charge is 2.32. The summed E-state index contributed by atoms with van der Waals surface area (Å²) in [5.74, 6) is -1.48. The Bertz CT molecular complexity index is 998. The molecule has 4 rings (SSSR count). The van der Waals surface area contributed by atoms with Gasteiger partial charge in [-0.25, -0.2) is 0 Å². The minimum atomic E-state index is -0.577. The molecule has 28 heavy (non-hydrogen) atoms. The molecule has 0 aliphatic carbocycles. The van der Waals surface area contributed by atoms with Gasteiger partial charge in [0.1, 0.15) is 0 Å². The normalized spacial score (nSPS) is 18.7. The van der Waals surface area contributed by atoms with Gasteiger partial charge in [-0.3, -0.25) is 24.1 Å². The third-order valence-corrected chi connectivity index (χ3v) is 5.07. The molecule has 0 bridgehead atoms. The molecular weight excluding hydrogens is 358 g/mol. The Labute approximate surface area is 161 Å². The van der Waals surface area contributed by atoms with Gasteiger partial charge in [-0.1, -0.05) is 18.2 Å². The van der Waals surface area contributed by atoms with Gasteiger partial charge in [0.15, 0.2) is 0 Å². The fourth-order valence-corrected chi connectivity index (χ4v) is 3.70. The summed E-state index contributed by atoms with van der Waals surface area (Å²) in [5, 5.41) is 5.62. The lowest BCUT2D eigenvalue weighted by Crippen LogP contribution is -2.31. The maximum absolute atomic E-state index is 12.8. The first-order chi connectivity index (χ1) is 13.4. The average Bonchev–Trinajstić information content (AvgIpc) is 2.99. The van der Waals surface area contributed by atoms with Gasteiger partial charge in [0.2, 0.25) is 23.6 Å². The molecular formula is C21H19N3O4. The number of amides is 4. The second-order valence-corrected chi connectivity index (χ2v) is 7.01. The van der Waals surface area contributed by atoms with Crippen molar-refractivity contribution in [2.45, 2.75) is 32.1 Å².